The van der Waals surface area contributed by atoms with Gasteiger partial charge in [-0.1, -0.05) is 30.3 Å². The van der Waals surface area contributed by atoms with Gasteiger partial charge in [0, 0.05) is 37.5 Å². The van der Waals surface area contributed by atoms with Crippen LogP contribution >= 0.6 is 0 Å². The second kappa shape index (κ2) is 10.6. The average Bonchev–Trinajstić information content (AvgIpc) is 3.60. The first-order valence-electron chi connectivity index (χ1n) is 12.9. The van der Waals surface area contributed by atoms with Crippen LogP contribution in [0.5, 0.6) is 0 Å². The van der Waals surface area contributed by atoms with Gasteiger partial charge in [0.15, 0.2) is 5.58 Å². The van der Waals surface area contributed by atoms with Gasteiger partial charge in [-0.3, -0.25) is 19.4 Å². The van der Waals surface area contributed by atoms with Crippen LogP contribution in [0.4, 0.5) is 5.69 Å². The average molecular weight is 552 g/mol. The highest BCUT2D eigenvalue weighted by Crippen LogP contribution is 2.29. The van der Waals surface area contributed by atoms with E-state index in [9.17, 15) is 14.4 Å². The Balaban J connectivity index is 1.21. The lowest BCUT2D eigenvalue weighted by Crippen LogP contribution is -2.53. The van der Waals surface area contributed by atoms with Crippen molar-refractivity contribution in [3.8, 4) is 11.5 Å². The van der Waals surface area contributed by atoms with Crippen molar-refractivity contribution in [2.75, 3.05) is 25.0 Å². The third kappa shape index (κ3) is 5.24. The molecule has 206 valence electrons. The molecule has 4 heterocycles. The minimum Gasteiger partial charge on any atom is -0.436 e. The second-order valence-electron chi connectivity index (χ2n) is 9.58. The Bertz CT molecular complexity index is 1760. The van der Waals surface area contributed by atoms with Gasteiger partial charge in [-0.25, -0.2) is 4.98 Å². The number of rotatable bonds is 6. The molecule has 1 aliphatic heterocycles. The number of oxazole rings is 1. The molecular formula is C28H25N9O4. The fourth-order valence-corrected chi connectivity index (χ4v) is 4.82. The summed E-state index contributed by atoms with van der Waals surface area (Å²) in [6, 6.07) is 17.4. The van der Waals surface area contributed by atoms with Gasteiger partial charge in [0.2, 0.25) is 23.5 Å². The van der Waals surface area contributed by atoms with E-state index in [2.05, 4.69) is 30.7 Å². The van der Waals surface area contributed by atoms with E-state index < -0.39 is 6.04 Å². The summed E-state index contributed by atoms with van der Waals surface area (Å²) in [5, 5.41) is 15.2. The molecular weight excluding hydrogens is 526 g/mol. The highest BCUT2D eigenvalue weighted by atomic mass is 16.3. The van der Waals surface area contributed by atoms with Crippen LogP contribution in [0.1, 0.15) is 34.8 Å². The van der Waals surface area contributed by atoms with Crippen molar-refractivity contribution in [3.05, 3.63) is 83.9 Å². The zero-order valence-electron chi connectivity index (χ0n) is 22.3. The van der Waals surface area contributed by atoms with Crippen molar-refractivity contribution >= 4 is 34.5 Å². The van der Waals surface area contributed by atoms with E-state index in [1.165, 1.54) is 22.8 Å². The van der Waals surface area contributed by atoms with E-state index in [4.69, 9.17) is 4.42 Å². The van der Waals surface area contributed by atoms with Crippen LogP contribution in [0.25, 0.3) is 22.6 Å². The van der Waals surface area contributed by atoms with Gasteiger partial charge < -0.3 is 19.5 Å². The Morgan fingerprint density at radius 2 is 1.88 bits per heavy atom. The van der Waals surface area contributed by atoms with E-state index in [0.717, 1.165) is 5.56 Å². The van der Waals surface area contributed by atoms with Crippen LogP contribution < -0.4 is 5.32 Å². The second-order valence-corrected chi connectivity index (χ2v) is 9.58. The third-order valence-electron chi connectivity index (χ3n) is 6.67. The maximum atomic E-state index is 13.4. The topological polar surface area (TPSA) is 152 Å². The number of aromatic nitrogens is 6. The van der Waals surface area contributed by atoms with Crippen LogP contribution in [0.3, 0.4) is 0 Å². The lowest BCUT2D eigenvalue weighted by atomic mass is 10.0. The number of anilines is 1. The number of hydrogen-bond acceptors (Lipinski definition) is 9. The number of carbonyl (C=O) groups excluding carboxylic acids is 3. The summed E-state index contributed by atoms with van der Waals surface area (Å²) in [5.74, 6) is -0.0948. The summed E-state index contributed by atoms with van der Waals surface area (Å²) in [7, 11) is 1.67. The van der Waals surface area contributed by atoms with Gasteiger partial charge in [-0.15, -0.1) is 10.2 Å². The number of amides is 3. The zero-order valence-corrected chi connectivity index (χ0v) is 22.3. The SMILES string of the molecule is CC(=O)Nc1ccc2oc(-c3ccnc(C(=O)N4CCN(C(c5ccccc5)c5nnn(C)n5)C(=O)C4)c3)nc2c1. The van der Waals surface area contributed by atoms with E-state index in [-0.39, 0.29) is 36.5 Å². The first-order valence-corrected chi connectivity index (χ1v) is 12.9. The molecule has 1 N–H and O–H groups in total. The summed E-state index contributed by atoms with van der Waals surface area (Å²) < 4.78 is 5.88. The number of benzene rings is 2. The molecule has 5 aromatic rings. The highest BCUT2D eigenvalue weighted by Gasteiger charge is 2.36. The quantitative estimate of drug-likeness (QED) is 0.335. The zero-order chi connectivity index (χ0) is 28.5. The van der Waals surface area contributed by atoms with Crippen LogP contribution in [-0.4, -0.2) is 77.3 Å². The van der Waals surface area contributed by atoms with Gasteiger partial charge >= 0.3 is 0 Å². The van der Waals surface area contributed by atoms with Crippen LogP contribution in [0.15, 0.2) is 71.3 Å². The van der Waals surface area contributed by atoms with Crippen LogP contribution in [0.2, 0.25) is 0 Å². The number of nitrogens with one attached hydrogen (secondary N) is 1. The first kappa shape index (κ1) is 25.8. The molecule has 1 atom stereocenters. The molecule has 0 bridgehead atoms. The Labute approximate surface area is 233 Å². The predicted molar refractivity (Wildman–Crippen MR) is 146 cm³/mol. The maximum Gasteiger partial charge on any atom is 0.272 e. The molecule has 13 nitrogen and oxygen atoms in total. The van der Waals surface area contributed by atoms with Gasteiger partial charge in [0.25, 0.3) is 5.91 Å². The molecule has 1 saturated heterocycles. The number of fused-ring (bicyclic) bond motifs is 1. The molecule has 2 aromatic carbocycles. The van der Waals surface area contributed by atoms with Crippen molar-refractivity contribution in [3.63, 3.8) is 0 Å². The fourth-order valence-electron chi connectivity index (χ4n) is 4.82. The monoisotopic (exact) mass is 551 g/mol. The molecule has 1 unspecified atom stereocenters. The Morgan fingerprint density at radius 1 is 1.05 bits per heavy atom. The summed E-state index contributed by atoms with van der Waals surface area (Å²) in [6.07, 6.45) is 1.50. The van der Waals surface area contributed by atoms with E-state index in [1.807, 2.05) is 30.3 Å². The number of tetrazole rings is 1. The standard InChI is InChI=1S/C28H25N9O4/c1-17(38)30-20-8-9-23-21(15-20)31-27(41-23)19-10-11-29-22(14-19)28(40)36-12-13-37(24(39)16-36)25(18-6-4-3-5-7-18)26-32-34-35(2)33-26/h3-11,14-15,25H,12-13,16H2,1-2H3,(H,30,38). The third-order valence-corrected chi connectivity index (χ3v) is 6.67. The number of piperazine rings is 1. The van der Waals surface area contributed by atoms with Gasteiger partial charge in [-0.2, -0.15) is 4.80 Å². The van der Waals surface area contributed by atoms with Crippen molar-refractivity contribution in [2.24, 2.45) is 7.05 Å². The molecule has 0 aliphatic carbocycles. The highest BCUT2D eigenvalue weighted by molar-refractivity contribution is 5.96. The summed E-state index contributed by atoms with van der Waals surface area (Å²) in [6.45, 7) is 1.89. The van der Waals surface area contributed by atoms with E-state index >= 15 is 0 Å². The molecule has 1 fully saturated rings. The molecule has 0 spiro atoms. The molecule has 3 aromatic heterocycles. The predicted octanol–water partition coefficient (Wildman–Crippen LogP) is 2.45. The minimum atomic E-state index is -0.526. The Morgan fingerprint density at radius 3 is 2.61 bits per heavy atom. The summed E-state index contributed by atoms with van der Waals surface area (Å²) >= 11 is 0. The summed E-state index contributed by atoms with van der Waals surface area (Å²) in [4.78, 5) is 51.5. The molecule has 3 amide bonds. The van der Waals surface area contributed by atoms with Crippen molar-refractivity contribution in [1.29, 1.82) is 0 Å². The minimum absolute atomic E-state index is 0.122. The van der Waals surface area contributed by atoms with Gasteiger partial charge in [-0.05, 0) is 41.1 Å². The number of hydrogen-bond donors (Lipinski definition) is 1. The summed E-state index contributed by atoms with van der Waals surface area (Å²) in [5.41, 5.74) is 3.27. The molecule has 0 radical (unpaired) electrons. The van der Waals surface area contributed by atoms with E-state index in [0.29, 0.717) is 40.6 Å². The lowest BCUT2D eigenvalue weighted by molar-refractivity contribution is -0.137. The number of aryl methyl sites for hydroxylation is 1. The van der Waals surface area contributed by atoms with Crippen molar-refractivity contribution < 1.29 is 18.8 Å². The van der Waals surface area contributed by atoms with Crippen LogP contribution in [-0.2, 0) is 16.6 Å². The van der Waals surface area contributed by atoms with Crippen LogP contribution in [0, 0.1) is 0 Å². The van der Waals surface area contributed by atoms with Gasteiger partial charge in [0.05, 0.1) is 7.05 Å². The normalized spacial score (nSPS) is 14.3. The van der Waals surface area contributed by atoms with Crippen molar-refractivity contribution in [2.45, 2.75) is 13.0 Å². The number of carbonyl (C=O) groups is 3. The van der Waals surface area contributed by atoms with Gasteiger partial charge in [0.1, 0.15) is 23.8 Å². The fraction of sp³-hybridized carbons (Fsp3) is 0.214. The largest absolute Gasteiger partial charge is 0.436 e. The first-order chi connectivity index (χ1) is 19.9. The number of pyridine rings is 1. The Kier molecular flexibility index (Phi) is 6.67. The molecule has 0 saturated carbocycles. The Hall–Kier alpha value is -5.46. The molecule has 13 heteroatoms. The molecule has 1 aliphatic rings. The molecule has 6 rings (SSSR count). The maximum absolute atomic E-state index is 13.4. The number of nitrogens with zero attached hydrogens (tertiary/aromatic N) is 8. The van der Waals surface area contributed by atoms with Crippen molar-refractivity contribution in [1.82, 2.24) is 40.0 Å². The molecule has 41 heavy (non-hydrogen) atoms. The smallest absolute Gasteiger partial charge is 0.272 e. The lowest BCUT2D eigenvalue weighted by Gasteiger charge is -2.38. The van der Waals surface area contributed by atoms with E-state index in [1.54, 1.807) is 42.3 Å².